The number of carbonyl (C=O) groups is 2. The molecule has 1 amide bonds. The van der Waals surface area contributed by atoms with Crippen LogP contribution in [0.2, 0.25) is 10.0 Å². The van der Waals surface area contributed by atoms with Gasteiger partial charge in [0.2, 0.25) is 0 Å². The number of rotatable bonds is 5. The molecule has 0 aliphatic rings. The highest BCUT2D eigenvalue weighted by Crippen LogP contribution is 2.28. The first-order chi connectivity index (χ1) is 11.4. The highest BCUT2D eigenvalue weighted by Gasteiger charge is 2.19. The molecule has 0 saturated heterocycles. The van der Waals surface area contributed by atoms with Crippen LogP contribution in [0.1, 0.15) is 17.3 Å². The molecule has 0 spiro atoms. The number of hydrogen-bond donors (Lipinski definition) is 1. The molecule has 0 bridgehead atoms. The Morgan fingerprint density at radius 1 is 1.12 bits per heavy atom. The van der Waals surface area contributed by atoms with Crippen molar-refractivity contribution in [2.45, 2.75) is 13.0 Å². The van der Waals surface area contributed by atoms with E-state index in [-0.39, 0.29) is 5.56 Å². The van der Waals surface area contributed by atoms with E-state index in [1.54, 1.807) is 43.3 Å². The summed E-state index contributed by atoms with van der Waals surface area (Å²) in [5.41, 5.74) is 0.595. The van der Waals surface area contributed by atoms with E-state index in [1.165, 1.54) is 13.2 Å². The summed E-state index contributed by atoms with van der Waals surface area (Å²) in [7, 11) is 1.27. The Morgan fingerprint density at radius 3 is 2.50 bits per heavy atom. The monoisotopic (exact) mass is 367 g/mol. The van der Waals surface area contributed by atoms with E-state index in [0.717, 1.165) is 0 Å². The molecule has 1 N–H and O–H groups in total. The van der Waals surface area contributed by atoms with Crippen molar-refractivity contribution < 1.29 is 19.1 Å². The Morgan fingerprint density at radius 2 is 1.83 bits per heavy atom. The van der Waals surface area contributed by atoms with E-state index in [0.29, 0.717) is 21.5 Å². The molecule has 0 heterocycles. The third-order valence-electron chi connectivity index (χ3n) is 3.16. The number of nitrogens with one attached hydrogen (secondary N) is 1. The van der Waals surface area contributed by atoms with Crippen molar-refractivity contribution in [3.63, 3.8) is 0 Å². The molecule has 1 atom stereocenters. The van der Waals surface area contributed by atoms with Crippen molar-refractivity contribution in [3.05, 3.63) is 58.1 Å². The van der Waals surface area contributed by atoms with Crippen LogP contribution in [0.4, 0.5) is 5.69 Å². The van der Waals surface area contributed by atoms with Gasteiger partial charge in [-0.05, 0) is 37.3 Å². The van der Waals surface area contributed by atoms with Gasteiger partial charge in [-0.25, -0.2) is 4.79 Å². The quantitative estimate of drug-likeness (QED) is 0.804. The molecule has 24 heavy (non-hydrogen) atoms. The molecular weight excluding hydrogens is 353 g/mol. The van der Waals surface area contributed by atoms with Crippen LogP contribution in [-0.4, -0.2) is 25.1 Å². The molecule has 0 aliphatic carbocycles. The van der Waals surface area contributed by atoms with Crippen molar-refractivity contribution in [2.75, 3.05) is 12.4 Å². The number of benzene rings is 2. The van der Waals surface area contributed by atoms with Crippen molar-refractivity contribution >= 4 is 40.8 Å². The number of halogens is 2. The molecule has 0 radical (unpaired) electrons. The summed E-state index contributed by atoms with van der Waals surface area (Å²) in [5.74, 6) is -0.637. The van der Waals surface area contributed by atoms with Crippen molar-refractivity contribution in [1.82, 2.24) is 0 Å². The number of anilines is 1. The van der Waals surface area contributed by atoms with Crippen molar-refractivity contribution in [1.29, 1.82) is 0 Å². The van der Waals surface area contributed by atoms with Crippen LogP contribution in [0.3, 0.4) is 0 Å². The Bertz CT molecular complexity index is 764. The van der Waals surface area contributed by atoms with Crippen molar-refractivity contribution in [3.8, 4) is 5.75 Å². The van der Waals surface area contributed by atoms with Crippen LogP contribution in [0.15, 0.2) is 42.5 Å². The molecule has 126 valence electrons. The number of ether oxygens (including phenoxy) is 2. The van der Waals surface area contributed by atoms with Gasteiger partial charge in [0.1, 0.15) is 5.75 Å². The Kier molecular flexibility index (Phi) is 6.06. The van der Waals surface area contributed by atoms with Gasteiger partial charge in [-0.2, -0.15) is 0 Å². The predicted octanol–water partition coefficient (Wildman–Crippen LogP) is 4.19. The molecular formula is C17H15Cl2NO4. The summed E-state index contributed by atoms with van der Waals surface area (Å²) < 4.78 is 10.2. The van der Waals surface area contributed by atoms with Gasteiger partial charge >= 0.3 is 5.97 Å². The zero-order valence-corrected chi connectivity index (χ0v) is 14.5. The zero-order valence-electron chi connectivity index (χ0n) is 13.0. The van der Waals surface area contributed by atoms with Crippen LogP contribution in [0.5, 0.6) is 5.75 Å². The minimum atomic E-state index is -0.839. The van der Waals surface area contributed by atoms with Crippen LogP contribution in [-0.2, 0) is 9.53 Å². The molecule has 1 unspecified atom stereocenters. The Hall–Kier alpha value is -2.24. The smallest absolute Gasteiger partial charge is 0.339 e. The maximum atomic E-state index is 12.3. The molecule has 5 nitrogen and oxygen atoms in total. The van der Waals surface area contributed by atoms with E-state index < -0.39 is 18.0 Å². The number of hydrogen-bond acceptors (Lipinski definition) is 4. The minimum Gasteiger partial charge on any atom is -0.479 e. The molecule has 0 aliphatic heterocycles. The fraction of sp³-hybridized carbons (Fsp3) is 0.176. The molecule has 2 rings (SSSR count). The normalized spacial score (nSPS) is 11.5. The number of amides is 1. The lowest BCUT2D eigenvalue weighted by molar-refractivity contribution is -0.122. The second kappa shape index (κ2) is 8.04. The Labute approximate surface area is 149 Å². The summed E-state index contributed by atoms with van der Waals surface area (Å²) in [4.78, 5) is 24.0. The topological polar surface area (TPSA) is 64.6 Å². The van der Waals surface area contributed by atoms with Gasteiger partial charge in [-0.15, -0.1) is 0 Å². The summed E-state index contributed by atoms with van der Waals surface area (Å²) in [6.45, 7) is 1.57. The predicted molar refractivity (Wildman–Crippen MR) is 93.0 cm³/mol. The zero-order chi connectivity index (χ0) is 17.7. The summed E-state index contributed by atoms with van der Waals surface area (Å²) in [6, 6.07) is 11.3. The van der Waals surface area contributed by atoms with Crippen LogP contribution < -0.4 is 10.1 Å². The molecule has 0 aromatic heterocycles. The van der Waals surface area contributed by atoms with Crippen molar-refractivity contribution in [2.24, 2.45) is 0 Å². The summed E-state index contributed by atoms with van der Waals surface area (Å²) in [6.07, 6.45) is -0.839. The highest BCUT2D eigenvalue weighted by atomic mass is 35.5. The van der Waals surface area contributed by atoms with Gasteiger partial charge in [0, 0.05) is 5.02 Å². The molecule has 2 aromatic rings. The Balaban J connectivity index is 2.11. The first-order valence-corrected chi connectivity index (χ1v) is 7.78. The number of methoxy groups -OCH3 is 1. The van der Waals surface area contributed by atoms with Gasteiger partial charge < -0.3 is 14.8 Å². The second-order valence-corrected chi connectivity index (χ2v) is 5.70. The van der Waals surface area contributed by atoms with E-state index in [4.69, 9.17) is 32.7 Å². The SMILES string of the molecule is COC(=O)c1ccccc1NC(=O)C(C)Oc1ccc(Cl)cc1Cl. The third-order valence-corrected chi connectivity index (χ3v) is 3.69. The molecule has 0 saturated carbocycles. The first-order valence-electron chi connectivity index (χ1n) is 7.02. The second-order valence-electron chi connectivity index (χ2n) is 4.86. The molecule has 0 fully saturated rings. The van der Waals surface area contributed by atoms with Gasteiger partial charge in [0.25, 0.3) is 5.91 Å². The van der Waals surface area contributed by atoms with Gasteiger partial charge in [-0.1, -0.05) is 35.3 Å². The highest BCUT2D eigenvalue weighted by molar-refractivity contribution is 6.35. The number of carbonyl (C=O) groups excluding carboxylic acids is 2. The third kappa shape index (κ3) is 4.40. The fourth-order valence-electron chi connectivity index (χ4n) is 1.93. The van der Waals surface area contributed by atoms with E-state index in [1.807, 2.05) is 0 Å². The largest absolute Gasteiger partial charge is 0.479 e. The van der Waals surface area contributed by atoms with Crippen LogP contribution >= 0.6 is 23.2 Å². The average molecular weight is 368 g/mol. The van der Waals surface area contributed by atoms with Crippen LogP contribution in [0.25, 0.3) is 0 Å². The number of esters is 1. The summed E-state index contributed by atoms with van der Waals surface area (Å²) >= 11 is 11.8. The maximum Gasteiger partial charge on any atom is 0.339 e. The molecule has 7 heteroatoms. The van der Waals surface area contributed by atoms with Crippen LogP contribution in [0, 0.1) is 0 Å². The standard InChI is InChI=1S/C17H15Cl2NO4/c1-10(24-15-8-7-11(18)9-13(15)19)16(21)20-14-6-4-3-5-12(14)17(22)23-2/h3-10H,1-2H3,(H,20,21). The van der Waals surface area contributed by atoms with Gasteiger partial charge in [0.05, 0.1) is 23.4 Å². The lowest BCUT2D eigenvalue weighted by Gasteiger charge is -2.16. The summed E-state index contributed by atoms with van der Waals surface area (Å²) in [5, 5.41) is 3.41. The minimum absolute atomic E-state index is 0.255. The first kappa shape index (κ1) is 18.1. The fourth-order valence-corrected chi connectivity index (χ4v) is 2.38. The molecule has 2 aromatic carbocycles. The number of para-hydroxylation sites is 1. The van der Waals surface area contributed by atoms with E-state index >= 15 is 0 Å². The maximum absolute atomic E-state index is 12.3. The lowest BCUT2D eigenvalue weighted by atomic mass is 10.1. The lowest BCUT2D eigenvalue weighted by Crippen LogP contribution is -2.30. The average Bonchev–Trinajstić information content (AvgIpc) is 2.57. The van der Waals surface area contributed by atoms with E-state index in [9.17, 15) is 9.59 Å². The van der Waals surface area contributed by atoms with Gasteiger partial charge in [-0.3, -0.25) is 4.79 Å². The van der Waals surface area contributed by atoms with E-state index in [2.05, 4.69) is 5.32 Å². The van der Waals surface area contributed by atoms with Gasteiger partial charge in [0.15, 0.2) is 6.10 Å².